The number of hydrogen-bond acceptors (Lipinski definition) is 3. The van der Waals surface area contributed by atoms with Crippen molar-refractivity contribution in [1.82, 2.24) is 0 Å². The van der Waals surface area contributed by atoms with E-state index in [9.17, 15) is 5.11 Å². The summed E-state index contributed by atoms with van der Waals surface area (Å²) in [5.74, 6) is 2.88. The Bertz CT molecular complexity index is 144. The lowest BCUT2D eigenvalue weighted by Gasteiger charge is -2.21. The Hall–Kier alpha value is 0.270. The standard InChI is InChI=1S/C10H21NOS/c1-10(12,7-11)8-13-6-9-4-2-3-5-9/h9,12H,2-8,11H2,1H3. The molecule has 0 bridgehead atoms. The minimum absolute atomic E-state index is 0.366. The van der Waals surface area contributed by atoms with Crippen molar-refractivity contribution in [3.63, 3.8) is 0 Å². The molecule has 1 aliphatic rings. The fourth-order valence-electron chi connectivity index (χ4n) is 1.68. The summed E-state index contributed by atoms with van der Waals surface area (Å²) in [5.41, 5.74) is 4.77. The van der Waals surface area contributed by atoms with Crippen molar-refractivity contribution >= 4 is 11.8 Å². The number of thioether (sulfide) groups is 1. The molecule has 0 aromatic rings. The van der Waals surface area contributed by atoms with Crippen LogP contribution in [-0.4, -0.2) is 28.8 Å². The van der Waals surface area contributed by atoms with E-state index in [1.165, 1.54) is 31.4 Å². The first-order valence-corrected chi connectivity index (χ1v) is 6.30. The quantitative estimate of drug-likeness (QED) is 0.714. The highest BCUT2D eigenvalue weighted by Gasteiger charge is 2.20. The smallest absolute Gasteiger partial charge is 0.0831 e. The van der Waals surface area contributed by atoms with Gasteiger partial charge in [0.15, 0.2) is 0 Å². The molecular weight excluding hydrogens is 182 g/mol. The second kappa shape index (κ2) is 5.23. The molecule has 0 aromatic carbocycles. The molecule has 1 unspecified atom stereocenters. The fraction of sp³-hybridized carbons (Fsp3) is 1.00. The second-order valence-electron chi connectivity index (χ2n) is 4.37. The molecule has 0 aromatic heterocycles. The molecule has 78 valence electrons. The molecule has 0 saturated heterocycles. The van der Waals surface area contributed by atoms with Crippen LogP contribution in [0.1, 0.15) is 32.6 Å². The van der Waals surface area contributed by atoms with Gasteiger partial charge in [-0.25, -0.2) is 0 Å². The normalized spacial score (nSPS) is 23.3. The third kappa shape index (κ3) is 4.34. The summed E-state index contributed by atoms with van der Waals surface area (Å²) >= 11 is 1.85. The van der Waals surface area contributed by atoms with Crippen LogP contribution < -0.4 is 5.73 Å². The van der Waals surface area contributed by atoms with Crippen LogP contribution in [0.5, 0.6) is 0 Å². The van der Waals surface area contributed by atoms with Crippen LogP contribution in [0.25, 0.3) is 0 Å². The Morgan fingerprint density at radius 3 is 2.62 bits per heavy atom. The van der Waals surface area contributed by atoms with Gasteiger partial charge in [-0.15, -0.1) is 0 Å². The molecule has 1 rings (SSSR count). The summed E-state index contributed by atoms with van der Waals surface area (Å²) in [5, 5.41) is 9.65. The number of hydrogen-bond donors (Lipinski definition) is 2. The summed E-state index contributed by atoms with van der Waals surface area (Å²) < 4.78 is 0. The predicted molar refractivity (Wildman–Crippen MR) is 59.0 cm³/mol. The average Bonchev–Trinajstić information content (AvgIpc) is 2.57. The van der Waals surface area contributed by atoms with Gasteiger partial charge >= 0.3 is 0 Å². The molecular formula is C10H21NOS. The first-order valence-electron chi connectivity index (χ1n) is 5.14. The molecule has 1 fully saturated rings. The van der Waals surface area contributed by atoms with E-state index in [4.69, 9.17) is 5.73 Å². The highest BCUT2D eigenvalue weighted by molar-refractivity contribution is 7.99. The SMILES string of the molecule is CC(O)(CN)CSCC1CCCC1. The molecule has 0 spiro atoms. The Morgan fingerprint density at radius 1 is 1.46 bits per heavy atom. The van der Waals surface area contributed by atoms with E-state index in [1.807, 2.05) is 18.7 Å². The first kappa shape index (κ1) is 11.3. The molecule has 3 N–H and O–H groups in total. The zero-order valence-electron chi connectivity index (χ0n) is 8.46. The largest absolute Gasteiger partial charge is 0.388 e. The van der Waals surface area contributed by atoms with E-state index in [2.05, 4.69) is 0 Å². The van der Waals surface area contributed by atoms with Gasteiger partial charge in [-0.05, 0) is 31.4 Å². The third-order valence-corrected chi connectivity index (χ3v) is 4.21. The minimum Gasteiger partial charge on any atom is -0.388 e. The average molecular weight is 203 g/mol. The lowest BCUT2D eigenvalue weighted by molar-refractivity contribution is 0.0949. The van der Waals surface area contributed by atoms with Gasteiger partial charge in [0.1, 0.15) is 0 Å². The van der Waals surface area contributed by atoms with E-state index in [0.717, 1.165) is 11.7 Å². The monoisotopic (exact) mass is 203 g/mol. The second-order valence-corrected chi connectivity index (χ2v) is 5.40. The van der Waals surface area contributed by atoms with Crippen LogP contribution >= 0.6 is 11.8 Å². The summed E-state index contributed by atoms with van der Waals surface area (Å²) in [7, 11) is 0. The van der Waals surface area contributed by atoms with Gasteiger partial charge in [-0.2, -0.15) is 11.8 Å². The fourth-order valence-corrected chi connectivity index (χ4v) is 3.02. The Morgan fingerprint density at radius 2 is 2.08 bits per heavy atom. The van der Waals surface area contributed by atoms with Crippen molar-refractivity contribution < 1.29 is 5.11 Å². The lowest BCUT2D eigenvalue weighted by Crippen LogP contribution is -2.36. The van der Waals surface area contributed by atoms with Crippen LogP contribution in [0, 0.1) is 5.92 Å². The van der Waals surface area contributed by atoms with Gasteiger partial charge < -0.3 is 10.8 Å². The topological polar surface area (TPSA) is 46.2 Å². The van der Waals surface area contributed by atoms with Crippen molar-refractivity contribution in [3.05, 3.63) is 0 Å². The highest BCUT2D eigenvalue weighted by Crippen LogP contribution is 2.28. The molecule has 0 heterocycles. The Balaban J connectivity index is 2.06. The third-order valence-electron chi connectivity index (χ3n) is 2.68. The van der Waals surface area contributed by atoms with Crippen LogP contribution in [0.4, 0.5) is 0 Å². The van der Waals surface area contributed by atoms with Gasteiger partial charge in [0.2, 0.25) is 0 Å². The van der Waals surface area contributed by atoms with Gasteiger partial charge in [-0.1, -0.05) is 12.8 Å². The first-order chi connectivity index (χ1) is 6.14. The lowest BCUT2D eigenvalue weighted by atomic mass is 10.1. The van der Waals surface area contributed by atoms with Crippen LogP contribution in [0.2, 0.25) is 0 Å². The van der Waals surface area contributed by atoms with Gasteiger partial charge in [-0.3, -0.25) is 0 Å². The van der Waals surface area contributed by atoms with Crippen LogP contribution in [0.3, 0.4) is 0 Å². The minimum atomic E-state index is -0.663. The molecule has 3 heteroatoms. The molecule has 1 saturated carbocycles. The molecule has 2 nitrogen and oxygen atoms in total. The molecule has 1 aliphatic carbocycles. The zero-order valence-corrected chi connectivity index (χ0v) is 9.28. The zero-order chi connectivity index (χ0) is 9.73. The maximum Gasteiger partial charge on any atom is 0.0831 e. The molecule has 1 atom stereocenters. The maximum atomic E-state index is 9.65. The Labute approximate surface area is 85.3 Å². The van der Waals surface area contributed by atoms with E-state index < -0.39 is 5.60 Å². The predicted octanol–water partition coefficient (Wildman–Crippen LogP) is 1.62. The molecule has 0 radical (unpaired) electrons. The van der Waals surface area contributed by atoms with Gasteiger partial charge in [0.05, 0.1) is 5.60 Å². The van der Waals surface area contributed by atoms with E-state index in [0.29, 0.717) is 6.54 Å². The van der Waals surface area contributed by atoms with Crippen molar-refractivity contribution in [1.29, 1.82) is 0 Å². The maximum absolute atomic E-state index is 9.65. The van der Waals surface area contributed by atoms with E-state index >= 15 is 0 Å². The van der Waals surface area contributed by atoms with Crippen molar-refractivity contribution in [3.8, 4) is 0 Å². The van der Waals surface area contributed by atoms with Crippen molar-refractivity contribution in [2.45, 2.75) is 38.2 Å². The number of rotatable bonds is 5. The van der Waals surface area contributed by atoms with Gasteiger partial charge in [0.25, 0.3) is 0 Å². The highest BCUT2D eigenvalue weighted by atomic mass is 32.2. The number of nitrogens with two attached hydrogens (primary N) is 1. The van der Waals surface area contributed by atoms with Crippen LogP contribution in [0.15, 0.2) is 0 Å². The van der Waals surface area contributed by atoms with E-state index in [1.54, 1.807) is 0 Å². The summed E-state index contributed by atoms with van der Waals surface area (Å²) in [6.45, 7) is 2.18. The van der Waals surface area contributed by atoms with Crippen LogP contribution in [-0.2, 0) is 0 Å². The Kier molecular flexibility index (Phi) is 4.56. The summed E-state index contributed by atoms with van der Waals surface area (Å²) in [6, 6.07) is 0. The van der Waals surface area contributed by atoms with Crippen molar-refractivity contribution in [2.24, 2.45) is 11.7 Å². The number of aliphatic hydroxyl groups is 1. The summed E-state index contributed by atoms with van der Waals surface area (Å²) in [4.78, 5) is 0. The van der Waals surface area contributed by atoms with E-state index in [-0.39, 0.29) is 0 Å². The molecule has 13 heavy (non-hydrogen) atoms. The molecule has 0 amide bonds. The van der Waals surface area contributed by atoms with Gasteiger partial charge in [0, 0.05) is 12.3 Å². The summed E-state index contributed by atoms with van der Waals surface area (Å²) in [6.07, 6.45) is 5.58. The van der Waals surface area contributed by atoms with Crippen molar-refractivity contribution in [2.75, 3.05) is 18.1 Å². The molecule has 0 aliphatic heterocycles.